The minimum absolute atomic E-state index is 0.121. The van der Waals surface area contributed by atoms with Crippen molar-refractivity contribution in [3.8, 4) is 17.8 Å². The van der Waals surface area contributed by atoms with Gasteiger partial charge < -0.3 is 9.30 Å². The molecule has 0 aliphatic carbocycles. The molecule has 0 bridgehead atoms. The molecule has 1 aromatic carbocycles. The Labute approximate surface area is 184 Å². The van der Waals surface area contributed by atoms with E-state index in [-0.39, 0.29) is 5.78 Å². The van der Waals surface area contributed by atoms with Gasteiger partial charge in [0.1, 0.15) is 0 Å². The second-order valence-electron chi connectivity index (χ2n) is 8.17. The molecule has 31 heavy (non-hydrogen) atoms. The summed E-state index contributed by atoms with van der Waals surface area (Å²) in [5.74, 6) is 0.121. The first-order valence-corrected chi connectivity index (χ1v) is 11.0. The lowest BCUT2D eigenvalue weighted by Crippen LogP contribution is -2.38. The van der Waals surface area contributed by atoms with Gasteiger partial charge in [0.15, 0.2) is 5.78 Å². The smallest absolute Gasteiger partial charge is 0.178 e. The van der Waals surface area contributed by atoms with Crippen LogP contribution in [-0.4, -0.2) is 40.5 Å². The highest BCUT2D eigenvalue weighted by Crippen LogP contribution is 2.28. The zero-order valence-corrected chi connectivity index (χ0v) is 18.6. The summed E-state index contributed by atoms with van der Waals surface area (Å²) >= 11 is 0. The fourth-order valence-corrected chi connectivity index (χ4v) is 4.50. The minimum Gasteiger partial charge on any atom is -0.374 e. The normalized spacial score (nSPS) is 18.6. The molecule has 2 unspecified atom stereocenters. The van der Waals surface area contributed by atoms with Gasteiger partial charge in [-0.05, 0) is 63.4 Å². The fraction of sp³-hybridized carbons (Fsp3) is 0.480. The molecule has 162 valence electrons. The third-order valence-corrected chi connectivity index (χ3v) is 6.24. The Morgan fingerprint density at radius 2 is 1.97 bits per heavy atom. The summed E-state index contributed by atoms with van der Waals surface area (Å²) in [6.45, 7) is 7.42. The predicted octanol–water partition coefficient (Wildman–Crippen LogP) is 4.53. The van der Waals surface area contributed by atoms with Crippen LogP contribution in [0.3, 0.4) is 0 Å². The lowest BCUT2D eigenvalue weighted by Gasteiger charge is -2.26. The number of benzene rings is 1. The number of likely N-dealkylation sites (tertiary alicyclic amines) is 1. The van der Waals surface area contributed by atoms with E-state index in [2.05, 4.69) is 30.9 Å². The first-order chi connectivity index (χ1) is 15.0. The monoisotopic (exact) mass is 418 g/mol. The highest BCUT2D eigenvalue weighted by Gasteiger charge is 2.31. The molecule has 1 saturated heterocycles. The van der Waals surface area contributed by atoms with Crippen LogP contribution in [0.5, 0.6) is 0 Å². The van der Waals surface area contributed by atoms with Crippen LogP contribution in [0.25, 0.3) is 5.69 Å². The summed E-state index contributed by atoms with van der Waals surface area (Å²) in [6.07, 6.45) is 3.66. The van der Waals surface area contributed by atoms with Gasteiger partial charge in [0.25, 0.3) is 0 Å². The molecule has 3 rings (SSSR count). The van der Waals surface area contributed by atoms with Gasteiger partial charge in [0.05, 0.1) is 43.9 Å². The molecule has 0 amide bonds. The molecule has 0 spiro atoms. The Hall–Kier alpha value is -2.93. The third kappa shape index (κ3) is 5.05. The van der Waals surface area contributed by atoms with Crippen molar-refractivity contribution >= 4 is 5.78 Å². The van der Waals surface area contributed by atoms with Crippen LogP contribution in [0.4, 0.5) is 0 Å². The van der Waals surface area contributed by atoms with E-state index < -0.39 is 0 Å². The summed E-state index contributed by atoms with van der Waals surface area (Å²) in [4.78, 5) is 15.7. The van der Waals surface area contributed by atoms with Crippen molar-refractivity contribution in [2.24, 2.45) is 0 Å². The van der Waals surface area contributed by atoms with Crippen LogP contribution < -0.4 is 0 Å². The molecule has 1 aliphatic rings. The molecule has 0 radical (unpaired) electrons. The first-order valence-electron chi connectivity index (χ1n) is 11.0. The number of ketones is 1. The zero-order chi connectivity index (χ0) is 22.4. The first kappa shape index (κ1) is 22.7. The molecule has 6 nitrogen and oxygen atoms in total. The maximum atomic E-state index is 13.3. The number of nitrogens with zero attached hydrogens (tertiary/aromatic N) is 4. The van der Waals surface area contributed by atoms with Crippen LogP contribution in [0, 0.1) is 29.6 Å². The van der Waals surface area contributed by atoms with Gasteiger partial charge in [-0.1, -0.05) is 6.92 Å². The molecule has 2 atom stereocenters. The number of hydrogen-bond donors (Lipinski definition) is 0. The molecule has 0 N–H and O–H groups in total. The van der Waals surface area contributed by atoms with Gasteiger partial charge in [0.2, 0.25) is 0 Å². The van der Waals surface area contributed by atoms with Crippen LogP contribution in [0.1, 0.15) is 66.8 Å². The average molecular weight is 419 g/mol. The Balaban J connectivity index is 1.91. The number of hydrogen-bond acceptors (Lipinski definition) is 5. The molecule has 2 heterocycles. The van der Waals surface area contributed by atoms with Crippen LogP contribution in [0.2, 0.25) is 0 Å². The molecule has 0 saturated carbocycles. The summed E-state index contributed by atoms with van der Waals surface area (Å²) in [5, 5.41) is 17.9. The van der Waals surface area contributed by atoms with Gasteiger partial charge in [-0.25, -0.2) is 0 Å². The number of rotatable bonds is 9. The summed E-state index contributed by atoms with van der Waals surface area (Å²) in [6, 6.07) is 14.3. The van der Waals surface area contributed by atoms with Crippen molar-refractivity contribution in [3.05, 3.63) is 52.8 Å². The number of ether oxygens (including phenoxy) is 1. The highest BCUT2D eigenvalue weighted by molar-refractivity contribution is 5.99. The number of carbonyl (C=O) groups is 1. The fourth-order valence-electron chi connectivity index (χ4n) is 4.50. The molecular weight excluding hydrogens is 388 g/mol. The van der Waals surface area contributed by atoms with Crippen LogP contribution in [0.15, 0.2) is 30.3 Å². The summed E-state index contributed by atoms with van der Waals surface area (Å²) in [5.41, 5.74) is 3.91. The second-order valence-corrected chi connectivity index (χ2v) is 8.17. The largest absolute Gasteiger partial charge is 0.374 e. The van der Waals surface area contributed by atoms with Gasteiger partial charge in [0, 0.05) is 34.7 Å². The Bertz CT molecular complexity index is 994. The van der Waals surface area contributed by atoms with Gasteiger partial charge in [-0.15, -0.1) is 0 Å². The van der Waals surface area contributed by atoms with Crippen molar-refractivity contribution in [1.82, 2.24) is 9.47 Å². The summed E-state index contributed by atoms with van der Waals surface area (Å²) < 4.78 is 7.70. The van der Waals surface area contributed by atoms with Crippen molar-refractivity contribution in [3.63, 3.8) is 0 Å². The van der Waals surface area contributed by atoms with E-state index in [4.69, 9.17) is 15.3 Å². The van der Waals surface area contributed by atoms with Crippen molar-refractivity contribution in [1.29, 1.82) is 10.5 Å². The van der Waals surface area contributed by atoms with E-state index in [1.165, 1.54) is 0 Å². The highest BCUT2D eigenvalue weighted by atomic mass is 16.5. The van der Waals surface area contributed by atoms with E-state index in [1.54, 1.807) is 12.1 Å². The lowest BCUT2D eigenvalue weighted by molar-refractivity contribution is 0.0888. The zero-order valence-electron chi connectivity index (χ0n) is 18.6. The van der Waals surface area contributed by atoms with E-state index >= 15 is 0 Å². The Kier molecular flexibility index (Phi) is 7.63. The van der Waals surface area contributed by atoms with E-state index in [9.17, 15) is 4.79 Å². The van der Waals surface area contributed by atoms with Gasteiger partial charge in [-0.2, -0.15) is 10.5 Å². The average Bonchev–Trinajstić information content (AvgIpc) is 3.30. The molecule has 2 aromatic rings. The molecule has 1 aromatic heterocycles. The third-order valence-electron chi connectivity index (χ3n) is 6.24. The predicted molar refractivity (Wildman–Crippen MR) is 119 cm³/mol. The Morgan fingerprint density at radius 3 is 2.61 bits per heavy atom. The molecule has 1 aliphatic heterocycles. The lowest BCUT2D eigenvalue weighted by atomic mass is 10.1. The van der Waals surface area contributed by atoms with E-state index in [0.717, 1.165) is 36.3 Å². The van der Waals surface area contributed by atoms with E-state index in [1.807, 2.05) is 29.7 Å². The van der Waals surface area contributed by atoms with Crippen LogP contribution >= 0.6 is 0 Å². The molecule has 6 heteroatoms. The van der Waals surface area contributed by atoms with E-state index in [0.29, 0.717) is 49.4 Å². The number of carbonyl (C=O) groups excluding carboxylic acids is 1. The second kappa shape index (κ2) is 10.4. The maximum absolute atomic E-state index is 13.3. The van der Waals surface area contributed by atoms with Crippen molar-refractivity contribution in [2.45, 2.75) is 65.1 Å². The standard InChI is InChI=1S/C25H30N4O2/c1-4-21-9-6-18(2)28(21)16-25(30)24-14-23(17-31-13-5-12-26)29(19(24)3)22-10-7-20(15-27)8-11-22/h7-8,10-11,14,18,21H,4-6,9,13,16-17H2,1-3H3. The number of Topliss-reactive ketones (excluding diaryl/α,β-unsaturated/α-hetero) is 1. The maximum Gasteiger partial charge on any atom is 0.178 e. The van der Waals surface area contributed by atoms with Crippen molar-refractivity contribution in [2.75, 3.05) is 13.2 Å². The van der Waals surface area contributed by atoms with Crippen LogP contribution in [-0.2, 0) is 11.3 Å². The van der Waals surface area contributed by atoms with Gasteiger partial charge >= 0.3 is 0 Å². The summed E-state index contributed by atoms with van der Waals surface area (Å²) in [7, 11) is 0. The van der Waals surface area contributed by atoms with Crippen molar-refractivity contribution < 1.29 is 9.53 Å². The number of aromatic nitrogens is 1. The molecule has 1 fully saturated rings. The minimum atomic E-state index is 0.121. The Morgan fingerprint density at radius 1 is 1.23 bits per heavy atom. The van der Waals surface area contributed by atoms with Gasteiger partial charge in [-0.3, -0.25) is 9.69 Å². The SMILES string of the molecule is CCC1CCC(C)N1CC(=O)c1cc(COCCC#N)n(-c2ccc(C#N)cc2)c1C. The molecular formula is C25H30N4O2. The quantitative estimate of drug-likeness (QED) is 0.441. The number of nitriles is 2. The topological polar surface area (TPSA) is 82.0 Å².